The van der Waals surface area contributed by atoms with Crippen LogP contribution in [0.4, 0.5) is 13.2 Å². The second-order valence-electron chi connectivity index (χ2n) is 4.20. The van der Waals surface area contributed by atoms with Crippen LogP contribution in [0.5, 0.6) is 11.6 Å². The molecule has 2 N–H and O–H groups in total. The molecule has 0 saturated heterocycles. The van der Waals surface area contributed by atoms with E-state index in [0.29, 0.717) is 5.69 Å². The van der Waals surface area contributed by atoms with Crippen molar-refractivity contribution in [2.75, 3.05) is 0 Å². The third kappa shape index (κ3) is 3.47. The Balaban J connectivity index is 2.37. The van der Waals surface area contributed by atoms with Gasteiger partial charge in [0.1, 0.15) is 11.3 Å². The number of amides is 1. The van der Waals surface area contributed by atoms with Gasteiger partial charge in [-0.3, -0.25) is 4.79 Å². The van der Waals surface area contributed by atoms with Gasteiger partial charge in [-0.15, -0.1) is 5.10 Å². The lowest BCUT2D eigenvalue weighted by molar-refractivity contribution is -0.137. The number of alkyl halides is 3. The SMILES string of the molecule is Cc1cc(C(N)=O)c(Oc2cccc(C(F)(F)F)c2)nn1. The zero-order chi connectivity index (χ0) is 15.6. The van der Waals surface area contributed by atoms with Crippen molar-refractivity contribution in [3.63, 3.8) is 0 Å². The molecule has 0 aliphatic heterocycles. The standard InChI is InChI=1S/C13H10F3N3O2/c1-7-5-10(11(17)20)12(19-18-7)21-9-4-2-3-8(6-9)13(14,15)16/h2-6H,1H3,(H2,17,20). The number of aryl methyl sites for hydroxylation is 1. The minimum Gasteiger partial charge on any atom is -0.437 e. The fourth-order valence-electron chi connectivity index (χ4n) is 1.58. The lowest BCUT2D eigenvalue weighted by Crippen LogP contribution is -2.14. The van der Waals surface area contributed by atoms with Crippen LogP contribution >= 0.6 is 0 Å². The molecule has 1 aromatic carbocycles. The Morgan fingerprint density at radius 3 is 2.57 bits per heavy atom. The minimum absolute atomic E-state index is 0.0556. The molecule has 110 valence electrons. The van der Waals surface area contributed by atoms with Gasteiger partial charge in [-0.25, -0.2) is 0 Å². The summed E-state index contributed by atoms with van der Waals surface area (Å²) in [5.74, 6) is -1.17. The predicted molar refractivity (Wildman–Crippen MR) is 66.8 cm³/mol. The third-order valence-electron chi connectivity index (χ3n) is 2.52. The number of hydrogen-bond donors (Lipinski definition) is 1. The normalized spacial score (nSPS) is 11.2. The van der Waals surface area contributed by atoms with Gasteiger partial charge in [-0.05, 0) is 31.2 Å². The molecule has 0 fully saturated rings. The lowest BCUT2D eigenvalue weighted by Gasteiger charge is -2.10. The molecule has 0 aliphatic carbocycles. The zero-order valence-corrected chi connectivity index (χ0v) is 10.8. The summed E-state index contributed by atoms with van der Waals surface area (Å²) in [6.45, 7) is 1.59. The van der Waals surface area contributed by atoms with Gasteiger partial charge in [0, 0.05) is 0 Å². The molecule has 0 unspecified atom stereocenters. The molecular weight excluding hydrogens is 287 g/mol. The summed E-state index contributed by atoms with van der Waals surface area (Å²) in [5.41, 5.74) is 4.67. The summed E-state index contributed by atoms with van der Waals surface area (Å²) in [6.07, 6.45) is -4.50. The van der Waals surface area contributed by atoms with Crippen LogP contribution in [0.25, 0.3) is 0 Å². The Labute approximate surface area is 117 Å². The summed E-state index contributed by atoms with van der Waals surface area (Å²) < 4.78 is 43.0. The molecule has 1 heterocycles. The largest absolute Gasteiger partial charge is 0.437 e. The molecule has 0 radical (unpaired) electrons. The molecule has 2 rings (SSSR count). The first-order valence-electron chi connectivity index (χ1n) is 5.76. The Bertz CT molecular complexity index is 687. The molecule has 21 heavy (non-hydrogen) atoms. The molecule has 1 amide bonds. The van der Waals surface area contributed by atoms with Crippen molar-refractivity contribution in [2.45, 2.75) is 13.1 Å². The van der Waals surface area contributed by atoms with Crippen molar-refractivity contribution in [1.29, 1.82) is 0 Å². The number of aromatic nitrogens is 2. The number of nitrogens with zero attached hydrogens (tertiary/aromatic N) is 2. The van der Waals surface area contributed by atoms with Crippen LogP contribution in [0.15, 0.2) is 30.3 Å². The van der Waals surface area contributed by atoms with E-state index in [-0.39, 0.29) is 17.2 Å². The summed E-state index contributed by atoms with van der Waals surface area (Å²) in [4.78, 5) is 11.3. The number of nitrogens with two attached hydrogens (primary N) is 1. The molecular formula is C13H10F3N3O2. The smallest absolute Gasteiger partial charge is 0.416 e. The Morgan fingerprint density at radius 2 is 1.95 bits per heavy atom. The second-order valence-corrected chi connectivity index (χ2v) is 4.20. The fourth-order valence-corrected chi connectivity index (χ4v) is 1.58. The van der Waals surface area contributed by atoms with Crippen molar-refractivity contribution in [2.24, 2.45) is 5.73 Å². The minimum atomic E-state index is -4.50. The van der Waals surface area contributed by atoms with Crippen LogP contribution in [-0.2, 0) is 6.18 Å². The number of carbonyl (C=O) groups excluding carboxylic acids is 1. The Hall–Kier alpha value is -2.64. The van der Waals surface area contributed by atoms with Crippen molar-refractivity contribution in [3.05, 3.63) is 47.2 Å². The number of rotatable bonds is 3. The monoisotopic (exact) mass is 297 g/mol. The quantitative estimate of drug-likeness (QED) is 0.944. The van der Waals surface area contributed by atoms with Gasteiger partial charge >= 0.3 is 6.18 Å². The van der Waals surface area contributed by atoms with Crippen LogP contribution in [0, 0.1) is 6.92 Å². The molecule has 0 atom stereocenters. The zero-order valence-electron chi connectivity index (χ0n) is 10.8. The predicted octanol–water partition coefficient (Wildman–Crippen LogP) is 2.70. The number of benzene rings is 1. The van der Waals surface area contributed by atoms with Gasteiger partial charge in [0.25, 0.3) is 11.8 Å². The van der Waals surface area contributed by atoms with Gasteiger partial charge in [-0.1, -0.05) is 6.07 Å². The molecule has 0 aliphatic rings. The van der Waals surface area contributed by atoms with Crippen LogP contribution in [0.1, 0.15) is 21.6 Å². The van der Waals surface area contributed by atoms with Crippen molar-refractivity contribution >= 4 is 5.91 Å². The summed E-state index contributed by atoms with van der Waals surface area (Å²) >= 11 is 0. The van der Waals surface area contributed by atoms with Crippen LogP contribution < -0.4 is 10.5 Å². The third-order valence-corrected chi connectivity index (χ3v) is 2.52. The van der Waals surface area contributed by atoms with Crippen molar-refractivity contribution in [3.8, 4) is 11.6 Å². The van der Waals surface area contributed by atoms with Gasteiger partial charge in [0.2, 0.25) is 0 Å². The van der Waals surface area contributed by atoms with Crippen LogP contribution in [0.2, 0.25) is 0 Å². The molecule has 0 saturated carbocycles. The van der Waals surface area contributed by atoms with E-state index < -0.39 is 17.6 Å². The van der Waals surface area contributed by atoms with E-state index in [0.717, 1.165) is 12.1 Å². The van der Waals surface area contributed by atoms with Gasteiger partial charge in [0.15, 0.2) is 0 Å². The second kappa shape index (κ2) is 5.39. The van der Waals surface area contributed by atoms with Gasteiger partial charge < -0.3 is 10.5 Å². The van der Waals surface area contributed by atoms with E-state index in [4.69, 9.17) is 10.5 Å². The lowest BCUT2D eigenvalue weighted by atomic mass is 10.2. The van der Waals surface area contributed by atoms with E-state index in [1.54, 1.807) is 6.92 Å². The van der Waals surface area contributed by atoms with E-state index in [9.17, 15) is 18.0 Å². The molecule has 2 aromatic rings. The molecule has 5 nitrogen and oxygen atoms in total. The van der Waals surface area contributed by atoms with Gasteiger partial charge in [-0.2, -0.15) is 18.3 Å². The molecule has 0 bridgehead atoms. The van der Waals surface area contributed by atoms with E-state index in [2.05, 4.69) is 10.2 Å². The summed E-state index contributed by atoms with van der Waals surface area (Å²) in [7, 11) is 0. The van der Waals surface area contributed by atoms with E-state index >= 15 is 0 Å². The van der Waals surface area contributed by atoms with Crippen molar-refractivity contribution < 1.29 is 22.7 Å². The summed E-state index contributed by atoms with van der Waals surface area (Å²) in [6, 6.07) is 5.54. The number of halogens is 3. The highest BCUT2D eigenvalue weighted by molar-refractivity contribution is 5.95. The average Bonchev–Trinajstić information content (AvgIpc) is 2.40. The van der Waals surface area contributed by atoms with Crippen molar-refractivity contribution in [1.82, 2.24) is 10.2 Å². The maximum absolute atomic E-state index is 12.6. The number of hydrogen-bond acceptors (Lipinski definition) is 4. The highest BCUT2D eigenvalue weighted by atomic mass is 19.4. The topological polar surface area (TPSA) is 78.1 Å². The highest BCUT2D eigenvalue weighted by Gasteiger charge is 2.30. The highest BCUT2D eigenvalue weighted by Crippen LogP contribution is 2.32. The van der Waals surface area contributed by atoms with Crippen LogP contribution in [-0.4, -0.2) is 16.1 Å². The molecule has 1 aromatic heterocycles. The maximum Gasteiger partial charge on any atom is 0.416 e. The van der Waals surface area contributed by atoms with Gasteiger partial charge in [0.05, 0.1) is 11.3 Å². The first-order chi connectivity index (χ1) is 9.77. The molecule has 0 spiro atoms. The fraction of sp³-hybridized carbons (Fsp3) is 0.154. The van der Waals surface area contributed by atoms with E-state index in [1.807, 2.05) is 0 Å². The first-order valence-corrected chi connectivity index (χ1v) is 5.76. The Morgan fingerprint density at radius 1 is 1.24 bits per heavy atom. The average molecular weight is 297 g/mol. The van der Waals surface area contributed by atoms with Crippen LogP contribution in [0.3, 0.4) is 0 Å². The van der Waals surface area contributed by atoms with E-state index in [1.165, 1.54) is 18.2 Å². The number of carbonyl (C=O) groups is 1. The maximum atomic E-state index is 12.6. The Kier molecular flexibility index (Phi) is 3.79. The first kappa shape index (κ1) is 14.8. The number of primary amides is 1. The number of ether oxygens (including phenoxy) is 1. The molecule has 8 heteroatoms. The summed E-state index contributed by atoms with van der Waals surface area (Å²) in [5, 5.41) is 7.32.